The number of rotatable bonds is 1. The summed E-state index contributed by atoms with van der Waals surface area (Å²) in [6.07, 6.45) is 0.119. The second-order valence-electron chi connectivity index (χ2n) is 5.74. The van der Waals surface area contributed by atoms with Crippen molar-refractivity contribution in [3.05, 3.63) is 72.3 Å². The number of hydrogen-bond donors (Lipinski definition) is 3. The summed E-state index contributed by atoms with van der Waals surface area (Å²) in [6, 6.07) is 23.4. The summed E-state index contributed by atoms with van der Waals surface area (Å²) in [7, 11) is 0. The summed E-state index contributed by atoms with van der Waals surface area (Å²) in [5.41, 5.74) is 5.91. The molecule has 1 aliphatic heterocycles. The first-order valence-corrected chi connectivity index (χ1v) is 7.51. The van der Waals surface area contributed by atoms with Crippen molar-refractivity contribution in [2.45, 2.75) is 6.17 Å². The molecule has 0 radical (unpaired) electrons. The van der Waals surface area contributed by atoms with Crippen molar-refractivity contribution in [3.63, 3.8) is 0 Å². The van der Waals surface area contributed by atoms with Gasteiger partial charge in [-0.05, 0) is 29.8 Å². The van der Waals surface area contributed by atoms with E-state index in [1.807, 2.05) is 0 Å². The second kappa shape index (κ2) is 4.28. The van der Waals surface area contributed by atoms with E-state index < -0.39 is 0 Å². The molecule has 1 aromatic heterocycles. The Kier molecular flexibility index (Phi) is 2.27. The van der Waals surface area contributed by atoms with Crippen molar-refractivity contribution in [2.24, 2.45) is 0 Å². The minimum atomic E-state index is 0.119. The zero-order valence-electron chi connectivity index (χ0n) is 11.9. The molecule has 0 fully saturated rings. The van der Waals surface area contributed by atoms with Gasteiger partial charge in [-0.15, -0.1) is 0 Å². The lowest BCUT2D eigenvalue weighted by Crippen LogP contribution is -2.11. The van der Waals surface area contributed by atoms with Gasteiger partial charge in [-0.25, -0.2) is 0 Å². The third-order valence-electron chi connectivity index (χ3n) is 4.39. The Labute approximate surface area is 128 Å². The SMILES string of the molecule is c1ccc2c(c1)NC(c1ccc3c(c1)[nH]c1ccccc13)N2. The van der Waals surface area contributed by atoms with Gasteiger partial charge in [0.2, 0.25) is 0 Å². The molecule has 0 spiro atoms. The van der Waals surface area contributed by atoms with Crippen molar-refractivity contribution in [3.8, 4) is 0 Å². The number of para-hydroxylation sites is 3. The molecule has 0 bridgehead atoms. The molecule has 0 amide bonds. The highest BCUT2D eigenvalue weighted by atomic mass is 15.2. The highest BCUT2D eigenvalue weighted by Crippen LogP contribution is 2.36. The molecule has 0 aliphatic carbocycles. The smallest absolute Gasteiger partial charge is 0.123 e. The number of fused-ring (bicyclic) bond motifs is 4. The maximum absolute atomic E-state index is 3.52. The van der Waals surface area contributed by atoms with Gasteiger partial charge < -0.3 is 15.6 Å². The topological polar surface area (TPSA) is 39.9 Å². The van der Waals surface area contributed by atoms with E-state index in [0.717, 1.165) is 11.4 Å². The standard InChI is InChI=1S/C19H15N3/c1-2-6-15-13(5-1)14-10-9-12(11-18(14)20-15)19-21-16-7-3-4-8-17(16)22-19/h1-11,19-22H. The Balaban J connectivity index is 1.60. The van der Waals surface area contributed by atoms with E-state index in [9.17, 15) is 0 Å². The van der Waals surface area contributed by atoms with Crippen LogP contribution < -0.4 is 10.6 Å². The highest BCUT2D eigenvalue weighted by molar-refractivity contribution is 6.07. The molecule has 0 unspecified atom stereocenters. The van der Waals surface area contributed by atoms with Crippen LogP contribution in [-0.4, -0.2) is 4.98 Å². The van der Waals surface area contributed by atoms with E-state index in [2.05, 4.69) is 82.3 Å². The van der Waals surface area contributed by atoms with Gasteiger partial charge in [0.1, 0.15) is 6.17 Å². The largest absolute Gasteiger partial charge is 0.360 e. The van der Waals surface area contributed by atoms with Crippen LogP contribution in [-0.2, 0) is 0 Å². The van der Waals surface area contributed by atoms with Gasteiger partial charge in [-0.1, -0.05) is 42.5 Å². The Hall–Kier alpha value is -2.94. The van der Waals surface area contributed by atoms with Gasteiger partial charge in [-0.3, -0.25) is 0 Å². The average molecular weight is 285 g/mol. The Bertz CT molecular complexity index is 975. The van der Waals surface area contributed by atoms with Crippen LogP contribution in [0.3, 0.4) is 0 Å². The lowest BCUT2D eigenvalue weighted by atomic mass is 10.1. The first kappa shape index (κ1) is 11.7. The Morgan fingerprint density at radius 1 is 0.636 bits per heavy atom. The Morgan fingerprint density at radius 2 is 1.32 bits per heavy atom. The van der Waals surface area contributed by atoms with Gasteiger partial charge in [0.05, 0.1) is 11.4 Å². The highest BCUT2D eigenvalue weighted by Gasteiger charge is 2.20. The third kappa shape index (κ3) is 1.62. The van der Waals surface area contributed by atoms with Gasteiger partial charge in [0, 0.05) is 21.8 Å². The number of aromatic amines is 1. The third-order valence-corrected chi connectivity index (χ3v) is 4.39. The monoisotopic (exact) mass is 285 g/mol. The summed E-state index contributed by atoms with van der Waals surface area (Å²) < 4.78 is 0. The number of aromatic nitrogens is 1. The lowest BCUT2D eigenvalue weighted by molar-refractivity contribution is 0.943. The maximum Gasteiger partial charge on any atom is 0.123 e. The van der Waals surface area contributed by atoms with Crippen LogP contribution in [0.2, 0.25) is 0 Å². The lowest BCUT2D eigenvalue weighted by Gasteiger charge is -2.12. The minimum absolute atomic E-state index is 0.119. The zero-order chi connectivity index (χ0) is 14.5. The van der Waals surface area contributed by atoms with Crippen molar-refractivity contribution in [1.82, 2.24) is 4.98 Å². The van der Waals surface area contributed by atoms with Crippen LogP contribution in [0.5, 0.6) is 0 Å². The van der Waals surface area contributed by atoms with Crippen LogP contribution in [0.1, 0.15) is 11.7 Å². The fraction of sp³-hybridized carbons (Fsp3) is 0.0526. The summed E-state index contributed by atoms with van der Waals surface area (Å²) in [5, 5.41) is 9.60. The summed E-state index contributed by atoms with van der Waals surface area (Å²) >= 11 is 0. The van der Waals surface area contributed by atoms with Crippen molar-refractivity contribution < 1.29 is 0 Å². The van der Waals surface area contributed by atoms with Gasteiger partial charge in [0.15, 0.2) is 0 Å². The second-order valence-corrected chi connectivity index (χ2v) is 5.74. The minimum Gasteiger partial charge on any atom is -0.360 e. The first-order chi connectivity index (χ1) is 10.9. The fourth-order valence-corrected chi connectivity index (χ4v) is 3.30. The molecular formula is C19H15N3. The summed E-state index contributed by atoms with van der Waals surface area (Å²) in [6.45, 7) is 0. The number of hydrogen-bond acceptors (Lipinski definition) is 2. The molecule has 3 aromatic carbocycles. The molecule has 1 aliphatic rings. The van der Waals surface area contributed by atoms with E-state index in [0.29, 0.717) is 0 Å². The van der Waals surface area contributed by atoms with Crippen molar-refractivity contribution in [1.29, 1.82) is 0 Å². The van der Waals surface area contributed by atoms with Crippen LogP contribution in [0.4, 0.5) is 11.4 Å². The molecule has 3 N–H and O–H groups in total. The molecule has 3 heteroatoms. The molecule has 0 saturated heterocycles. The quantitative estimate of drug-likeness (QED) is 0.467. The molecule has 0 atom stereocenters. The van der Waals surface area contributed by atoms with Crippen molar-refractivity contribution >= 4 is 33.2 Å². The maximum atomic E-state index is 3.52. The molecule has 2 heterocycles. The summed E-state index contributed by atoms with van der Waals surface area (Å²) in [5.74, 6) is 0. The predicted molar refractivity (Wildman–Crippen MR) is 92.2 cm³/mol. The van der Waals surface area contributed by atoms with Gasteiger partial charge in [0.25, 0.3) is 0 Å². The van der Waals surface area contributed by atoms with Crippen LogP contribution in [0.25, 0.3) is 21.8 Å². The van der Waals surface area contributed by atoms with Crippen molar-refractivity contribution in [2.75, 3.05) is 10.6 Å². The van der Waals surface area contributed by atoms with E-state index in [1.165, 1.54) is 27.4 Å². The van der Waals surface area contributed by atoms with Crippen LogP contribution in [0.15, 0.2) is 66.7 Å². The molecule has 4 aromatic rings. The first-order valence-electron chi connectivity index (χ1n) is 7.51. The van der Waals surface area contributed by atoms with Crippen LogP contribution >= 0.6 is 0 Å². The van der Waals surface area contributed by atoms with E-state index in [4.69, 9.17) is 0 Å². The summed E-state index contributed by atoms with van der Waals surface area (Å²) in [4.78, 5) is 3.51. The van der Waals surface area contributed by atoms with E-state index in [-0.39, 0.29) is 6.17 Å². The molecule has 0 saturated carbocycles. The zero-order valence-corrected chi connectivity index (χ0v) is 11.9. The average Bonchev–Trinajstić information content (AvgIpc) is 3.15. The number of nitrogens with one attached hydrogen (secondary N) is 3. The molecule has 22 heavy (non-hydrogen) atoms. The molecule has 5 rings (SSSR count). The normalized spacial score (nSPS) is 14.0. The number of H-pyrrole nitrogens is 1. The van der Waals surface area contributed by atoms with E-state index in [1.54, 1.807) is 0 Å². The van der Waals surface area contributed by atoms with E-state index >= 15 is 0 Å². The number of benzene rings is 3. The van der Waals surface area contributed by atoms with Crippen LogP contribution in [0, 0.1) is 0 Å². The molecule has 3 nitrogen and oxygen atoms in total. The fourth-order valence-electron chi connectivity index (χ4n) is 3.30. The number of anilines is 2. The molecule has 106 valence electrons. The Morgan fingerprint density at radius 3 is 2.14 bits per heavy atom. The van der Waals surface area contributed by atoms with Gasteiger partial charge in [-0.2, -0.15) is 0 Å². The molecular weight excluding hydrogens is 270 g/mol. The predicted octanol–water partition coefficient (Wildman–Crippen LogP) is 4.86. The van der Waals surface area contributed by atoms with Gasteiger partial charge >= 0.3 is 0 Å².